The minimum Gasteiger partial charge on any atom is -0.336 e. The number of thiazole rings is 1. The van der Waals surface area contributed by atoms with Gasteiger partial charge >= 0.3 is 0 Å². The summed E-state index contributed by atoms with van der Waals surface area (Å²) < 4.78 is 2.23. The smallest absolute Gasteiger partial charge is 0.201 e. The third-order valence-electron chi connectivity index (χ3n) is 1.62. The summed E-state index contributed by atoms with van der Waals surface area (Å²) in [7, 11) is 0. The van der Waals surface area contributed by atoms with Crippen LogP contribution in [0.5, 0.6) is 0 Å². The number of halogens is 1. The number of nitrogens with one attached hydrogen (secondary N) is 1. The monoisotopic (exact) mass is 199 g/mol. The molecule has 1 aromatic carbocycles. The number of nitrogen functional groups attached to an aromatic ring is 1. The topological polar surface area (TPSA) is 54.8 Å². The zero-order chi connectivity index (χ0) is 8.72. The Morgan fingerprint density at radius 3 is 2.92 bits per heavy atom. The molecule has 0 atom stereocenters. The molecule has 0 bridgehead atoms. The number of para-hydroxylation sites is 1. The highest BCUT2D eigenvalue weighted by molar-refractivity contribution is 7.16. The van der Waals surface area contributed by atoms with E-state index >= 15 is 0 Å². The Kier molecular flexibility index (Phi) is 1.59. The van der Waals surface area contributed by atoms with E-state index in [0.29, 0.717) is 9.82 Å². The largest absolute Gasteiger partial charge is 0.336 e. The maximum absolute atomic E-state index is 7.44. The molecule has 12 heavy (non-hydrogen) atoms. The predicted molar refractivity (Wildman–Crippen MR) is 50.8 cm³/mol. The van der Waals surface area contributed by atoms with Crippen molar-refractivity contribution in [2.24, 2.45) is 0 Å². The average molecular weight is 200 g/mol. The van der Waals surface area contributed by atoms with Crippen LogP contribution in [0, 0.1) is 5.41 Å². The predicted octanol–water partition coefficient (Wildman–Crippen LogP) is 1.55. The van der Waals surface area contributed by atoms with Crippen LogP contribution < -0.4 is 10.6 Å². The molecule has 3 N–H and O–H groups in total. The molecule has 0 unspecified atom stereocenters. The number of fused-ring (bicyclic) bond motifs is 1. The molecule has 2 rings (SSSR count). The molecule has 1 aromatic heterocycles. The van der Waals surface area contributed by atoms with Crippen molar-refractivity contribution in [2.45, 2.75) is 0 Å². The van der Waals surface area contributed by atoms with Gasteiger partial charge in [0.25, 0.3) is 0 Å². The summed E-state index contributed by atoms with van der Waals surface area (Å²) in [5, 5.41) is 8.03. The van der Waals surface area contributed by atoms with Gasteiger partial charge in [0.15, 0.2) is 0 Å². The molecule has 1 heterocycles. The van der Waals surface area contributed by atoms with Crippen molar-refractivity contribution in [1.29, 1.82) is 5.41 Å². The molecule has 0 radical (unpaired) electrons. The zero-order valence-electron chi connectivity index (χ0n) is 6.04. The van der Waals surface area contributed by atoms with Gasteiger partial charge in [0.1, 0.15) is 5.52 Å². The number of nitrogens with zero attached hydrogens (tertiary/aromatic N) is 1. The van der Waals surface area contributed by atoms with Gasteiger partial charge in [0, 0.05) is 0 Å². The molecule has 0 aliphatic heterocycles. The van der Waals surface area contributed by atoms with Crippen LogP contribution in [0.1, 0.15) is 0 Å². The van der Waals surface area contributed by atoms with Crippen LogP contribution in [-0.2, 0) is 0 Å². The van der Waals surface area contributed by atoms with Gasteiger partial charge in [0.05, 0.1) is 9.72 Å². The van der Waals surface area contributed by atoms with Crippen LogP contribution in [0.4, 0.5) is 0 Å². The summed E-state index contributed by atoms with van der Waals surface area (Å²) in [6.45, 7) is 0. The van der Waals surface area contributed by atoms with Gasteiger partial charge in [-0.25, -0.2) is 4.68 Å². The first-order chi connectivity index (χ1) is 5.70. The summed E-state index contributed by atoms with van der Waals surface area (Å²) in [6.07, 6.45) is 0. The van der Waals surface area contributed by atoms with Crippen LogP contribution in [-0.4, -0.2) is 4.68 Å². The van der Waals surface area contributed by atoms with Gasteiger partial charge in [-0.05, 0) is 12.1 Å². The number of rotatable bonds is 0. The fourth-order valence-corrected chi connectivity index (χ4v) is 2.24. The fourth-order valence-electron chi connectivity index (χ4n) is 1.07. The summed E-state index contributed by atoms with van der Waals surface area (Å²) >= 11 is 7.21. The van der Waals surface area contributed by atoms with Crippen molar-refractivity contribution < 1.29 is 0 Å². The lowest BCUT2D eigenvalue weighted by atomic mass is 10.3. The Morgan fingerprint density at radius 1 is 1.50 bits per heavy atom. The second kappa shape index (κ2) is 2.50. The molecule has 0 amide bonds. The summed E-state index contributed by atoms with van der Waals surface area (Å²) in [5.41, 5.74) is 0.731. The molecule has 0 aliphatic carbocycles. The molecule has 2 aromatic rings. The SMILES string of the molecule is N=c1sc2cccc(Cl)c2n1N. The Labute approximate surface area is 77.5 Å². The second-order valence-electron chi connectivity index (χ2n) is 2.36. The van der Waals surface area contributed by atoms with Crippen LogP contribution in [0.15, 0.2) is 18.2 Å². The number of hydrogen-bond donors (Lipinski definition) is 2. The molecule has 62 valence electrons. The second-order valence-corrected chi connectivity index (χ2v) is 3.80. The van der Waals surface area contributed by atoms with Crippen molar-refractivity contribution >= 4 is 33.2 Å². The molecule has 0 spiro atoms. The van der Waals surface area contributed by atoms with Gasteiger partial charge in [-0.1, -0.05) is 29.0 Å². The minimum atomic E-state index is 0.304. The van der Waals surface area contributed by atoms with Gasteiger partial charge in [0.2, 0.25) is 4.80 Å². The highest BCUT2D eigenvalue weighted by atomic mass is 35.5. The van der Waals surface area contributed by atoms with E-state index < -0.39 is 0 Å². The summed E-state index contributed by atoms with van der Waals surface area (Å²) in [4.78, 5) is 0.304. The lowest BCUT2D eigenvalue weighted by Gasteiger charge is -1.95. The quantitative estimate of drug-likeness (QED) is 0.622. The van der Waals surface area contributed by atoms with E-state index in [1.165, 1.54) is 16.0 Å². The Hall–Kier alpha value is -1.00. The van der Waals surface area contributed by atoms with E-state index in [1.807, 2.05) is 12.1 Å². The molecule has 0 fully saturated rings. The highest BCUT2D eigenvalue weighted by Gasteiger charge is 2.04. The molecule has 0 saturated carbocycles. The van der Waals surface area contributed by atoms with Crippen LogP contribution in [0.2, 0.25) is 5.02 Å². The van der Waals surface area contributed by atoms with Crippen molar-refractivity contribution in [1.82, 2.24) is 4.68 Å². The molecule has 5 heteroatoms. The van der Waals surface area contributed by atoms with E-state index in [2.05, 4.69) is 0 Å². The third-order valence-corrected chi connectivity index (χ3v) is 2.86. The molecule has 0 saturated heterocycles. The van der Waals surface area contributed by atoms with Crippen molar-refractivity contribution in [3.63, 3.8) is 0 Å². The van der Waals surface area contributed by atoms with E-state index in [0.717, 1.165) is 10.2 Å². The Bertz CT molecular complexity index is 485. The van der Waals surface area contributed by atoms with Crippen molar-refractivity contribution in [3.05, 3.63) is 28.0 Å². The third kappa shape index (κ3) is 0.922. The number of aromatic nitrogens is 1. The highest BCUT2D eigenvalue weighted by Crippen LogP contribution is 2.23. The number of nitrogens with two attached hydrogens (primary N) is 1. The van der Waals surface area contributed by atoms with Gasteiger partial charge in [-0.2, -0.15) is 0 Å². The van der Waals surface area contributed by atoms with Gasteiger partial charge in [-0.3, -0.25) is 5.41 Å². The standard InChI is InChI=1S/C7H6ClN3S/c8-4-2-1-3-5-6(4)11(10)7(9)12-5/h1-3,9H,10H2. The first kappa shape index (κ1) is 7.64. The fraction of sp³-hybridized carbons (Fsp3) is 0. The first-order valence-corrected chi connectivity index (χ1v) is 4.49. The van der Waals surface area contributed by atoms with E-state index in [-0.39, 0.29) is 0 Å². The average Bonchev–Trinajstić information content (AvgIpc) is 2.29. The number of benzene rings is 1. The maximum atomic E-state index is 7.44. The molecular weight excluding hydrogens is 194 g/mol. The Balaban J connectivity index is 3.07. The van der Waals surface area contributed by atoms with Gasteiger partial charge in [-0.15, -0.1) is 0 Å². The zero-order valence-corrected chi connectivity index (χ0v) is 7.62. The number of hydrogen-bond acceptors (Lipinski definition) is 3. The van der Waals surface area contributed by atoms with Crippen molar-refractivity contribution in [2.75, 3.05) is 5.84 Å². The Morgan fingerprint density at radius 2 is 2.25 bits per heavy atom. The van der Waals surface area contributed by atoms with Crippen molar-refractivity contribution in [3.8, 4) is 0 Å². The normalized spacial score (nSPS) is 10.8. The molecule has 0 aliphatic rings. The lowest BCUT2D eigenvalue weighted by Crippen LogP contribution is -2.21. The summed E-state index contributed by atoms with van der Waals surface area (Å²) in [5.74, 6) is 5.59. The maximum Gasteiger partial charge on any atom is 0.201 e. The van der Waals surface area contributed by atoms with Gasteiger partial charge < -0.3 is 5.84 Å². The van der Waals surface area contributed by atoms with Crippen LogP contribution >= 0.6 is 22.9 Å². The lowest BCUT2D eigenvalue weighted by molar-refractivity contribution is 0.968. The van der Waals surface area contributed by atoms with E-state index in [9.17, 15) is 0 Å². The molecule has 3 nitrogen and oxygen atoms in total. The molecular formula is C7H6ClN3S. The van der Waals surface area contributed by atoms with Crippen LogP contribution in [0.25, 0.3) is 10.2 Å². The first-order valence-electron chi connectivity index (χ1n) is 3.30. The van der Waals surface area contributed by atoms with E-state index in [1.54, 1.807) is 6.07 Å². The van der Waals surface area contributed by atoms with E-state index in [4.69, 9.17) is 22.9 Å². The summed E-state index contributed by atoms with van der Waals surface area (Å²) in [6, 6.07) is 5.51. The minimum absolute atomic E-state index is 0.304. The van der Waals surface area contributed by atoms with Crippen LogP contribution in [0.3, 0.4) is 0 Å².